The second kappa shape index (κ2) is 10.8. The number of hydrogen-bond acceptors (Lipinski definition) is 10. The summed E-state index contributed by atoms with van der Waals surface area (Å²) in [5.74, 6) is 0.853. The summed E-state index contributed by atoms with van der Waals surface area (Å²) in [5, 5.41) is 18.0. The van der Waals surface area contributed by atoms with Crippen LogP contribution in [0.15, 0.2) is 24.4 Å². The fourth-order valence-electron chi connectivity index (χ4n) is 6.03. The highest BCUT2D eigenvalue weighted by Crippen LogP contribution is 2.48. The highest BCUT2D eigenvalue weighted by atomic mass is 16.6. The first-order chi connectivity index (χ1) is 18.9. The Morgan fingerprint density at radius 2 is 2.03 bits per heavy atom. The largest absolute Gasteiger partial charge is 0.489 e. The van der Waals surface area contributed by atoms with Gasteiger partial charge in [-0.2, -0.15) is 4.98 Å². The molecule has 1 N–H and O–H groups in total. The Hall–Kier alpha value is -3.80. The number of ether oxygens (including phenoxy) is 4. The summed E-state index contributed by atoms with van der Waals surface area (Å²) in [6.07, 6.45) is 5.82. The van der Waals surface area contributed by atoms with Crippen LogP contribution in [0.1, 0.15) is 43.5 Å². The first-order valence-corrected chi connectivity index (χ1v) is 13.4. The van der Waals surface area contributed by atoms with Gasteiger partial charge in [-0.05, 0) is 56.6 Å². The van der Waals surface area contributed by atoms with Crippen molar-refractivity contribution >= 4 is 5.97 Å². The third kappa shape index (κ3) is 5.38. The number of aryl methyl sites for hydroxylation is 2. The topological polar surface area (TPSA) is 144 Å². The van der Waals surface area contributed by atoms with Crippen LogP contribution < -0.4 is 14.2 Å². The number of carboxylic acids is 1. The molecule has 4 heterocycles. The molecule has 0 amide bonds. The third-order valence-electron chi connectivity index (χ3n) is 8.03. The molecule has 2 saturated carbocycles. The SMILES string of the molecule is Cc1nc(-c2nnn(C)c2COc2nccc(O[C@H]3CCOC3)n2)ccc1O[C@H]1C[C@@H]2CC[C@H](C(=O)O)[C@@H]2C1. The lowest BCUT2D eigenvalue weighted by molar-refractivity contribution is -0.143. The van der Waals surface area contributed by atoms with E-state index in [1.54, 1.807) is 24.0 Å². The Labute approximate surface area is 225 Å². The summed E-state index contributed by atoms with van der Waals surface area (Å²) in [7, 11) is 1.79. The lowest BCUT2D eigenvalue weighted by Crippen LogP contribution is -2.21. The third-order valence-corrected chi connectivity index (χ3v) is 8.03. The molecule has 206 valence electrons. The van der Waals surface area contributed by atoms with Crippen molar-refractivity contribution in [3.05, 3.63) is 35.8 Å². The van der Waals surface area contributed by atoms with Crippen molar-refractivity contribution in [3.63, 3.8) is 0 Å². The lowest BCUT2D eigenvalue weighted by Gasteiger charge is -2.18. The Morgan fingerprint density at radius 1 is 1.13 bits per heavy atom. The van der Waals surface area contributed by atoms with Gasteiger partial charge in [0, 0.05) is 25.7 Å². The number of fused-ring (bicyclic) bond motifs is 1. The molecule has 1 saturated heterocycles. The van der Waals surface area contributed by atoms with E-state index < -0.39 is 5.97 Å². The van der Waals surface area contributed by atoms with Crippen LogP contribution in [-0.2, 0) is 23.2 Å². The molecule has 0 spiro atoms. The molecule has 0 aromatic carbocycles. The molecular formula is C27H32N6O6. The summed E-state index contributed by atoms with van der Waals surface area (Å²) < 4.78 is 25.0. The number of aromatic nitrogens is 6. The van der Waals surface area contributed by atoms with Crippen molar-refractivity contribution in [1.29, 1.82) is 0 Å². The van der Waals surface area contributed by atoms with Crippen molar-refractivity contribution in [3.8, 4) is 29.0 Å². The average molecular weight is 537 g/mol. The average Bonchev–Trinajstić information content (AvgIpc) is 3.70. The molecule has 0 unspecified atom stereocenters. The van der Waals surface area contributed by atoms with E-state index in [1.807, 2.05) is 19.1 Å². The summed E-state index contributed by atoms with van der Waals surface area (Å²) in [6.45, 7) is 3.28. The Balaban J connectivity index is 1.11. The molecule has 2 aliphatic carbocycles. The van der Waals surface area contributed by atoms with Crippen LogP contribution in [-0.4, -0.2) is 66.4 Å². The second-order valence-corrected chi connectivity index (χ2v) is 10.5. The predicted molar refractivity (Wildman–Crippen MR) is 136 cm³/mol. The first kappa shape index (κ1) is 25.5. The quantitative estimate of drug-likeness (QED) is 0.431. The monoisotopic (exact) mass is 536 g/mol. The predicted octanol–water partition coefficient (Wildman–Crippen LogP) is 2.99. The summed E-state index contributed by atoms with van der Waals surface area (Å²) in [4.78, 5) is 24.9. The molecular weight excluding hydrogens is 504 g/mol. The van der Waals surface area contributed by atoms with Crippen LogP contribution in [0.5, 0.6) is 17.6 Å². The van der Waals surface area contributed by atoms with Gasteiger partial charge in [0.25, 0.3) is 0 Å². The van der Waals surface area contributed by atoms with E-state index in [-0.39, 0.29) is 36.7 Å². The number of carboxylic acid groups (broad SMARTS) is 1. The maximum Gasteiger partial charge on any atom is 0.320 e. The van der Waals surface area contributed by atoms with Gasteiger partial charge in [-0.25, -0.2) is 14.6 Å². The number of nitrogens with zero attached hydrogens (tertiary/aromatic N) is 6. The summed E-state index contributed by atoms with van der Waals surface area (Å²) >= 11 is 0. The number of rotatable bonds is 9. The smallest absolute Gasteiger partial charge is 0.320 e. The van der Waals surface area contributed by atoms with Gasteiger partial charge in [-0.3, -0.25) is 4.79 Å². The van der Waals surface area contributed by atoms with E-state index in [9.17, 15) is 9.90 Å². The van der Waals surface area contributed by atoms with Crippen LogP contribution in [0, 0.1) is 24.7 Å². The highest BCUT2D eigenvalue weighted by Gasteiger charge is 2.47. The Kier molecular flexibility index (Phi) is 7.03. The number of pyridine rings is 1. The standard InChI is InChI=1S/C27H32N6O6/c1-15-23(38-18-11-16-3-4-19(26(34)35)20(16)12-18)6-5-21(29-15)25-22(33(2)32-31-25)14-37-27-28-9-7-24(30-27)39-17-8-10-36-13-17/h5-7,9,16-20H,3-4,8,10-14H2,1-2H3,(H,34,35)/t16-,17-,18-,19-,20+/m0/s1. The molecule has 39 heavy (non-hydrogen) atoms. The van der Waals surface area contributed by atoms with E-state index >= 15 is 0 Å². The second-order valence-electron chi connectivity index (χ2n) is 10.5. The first-order valence-electron chi connectivity index (χ1n) is 13.4. The zero-order valence-electron chi connectivity index (χ0n) is 22.0. The van der Waals surface area contributed by atoms with Crippen LogP contribution in [0.3, 0.4) is 0 Å². The summed E-state index contributed by atoms with van der Waals surface area (Å²) in [6, 6.07) is 5.65. The van der Waals surface area contributed by atoms with E-state index in [2.05, 4.69) is 20.3 Å². The van der Waals surface area contributed by atoms with E-state index in [4.69, 9.17) is 23.9 Å². The number of carbonyl (C=O) groups is 1. The van der Waals surface area contributed by atoms with Gasteiger partial charge in [0.15, 0.2) is 0 Å². The van der Waals surface area contributed by atoms with Crippen molar-refractivity contribution in [1.82, 2.24) is 29.9 Å². The van der Waals surface area contributed by atoms with Gasteiger partial charge >= 0.3 is 12.0 Å². The highest BCUT2D eigenvalue weighted by molar-refractivity contribution is 5.71. The zero-order valence-corrected chi connectivity index (χ0v) is 22.0. The maximum atomic E-state index is 11.6. The number of aliphatic carboxylic acids is 1. The minimum Gasteiger partial charge on any atom is -0.489 e. The fourth-order valence-corrected chi connectivity index (χ4v) is 6.03. The van der Waals surface area contributed by atoms with Gasteiger partial charge in [0.05, 0.1) is 36.6 Å². The minimum absolute atomic E-state index is 0.00918. The maximum absolute atomic E-state index is 11.6. The van der Waals surface area contributed by atoms with Gasteiger partial charge in [0.2, 0.25) is 5.88 Å². The molecule has 6 rings (SSSR count). The summed E-state index contributed by atoms with van der Waals surface area (Å²) in [5.41, 5.74) is 2.71. The van der Waals surface area contributed by atoms with E-state index in [1.165, 1.54) is 0 Å². The minimum atomic E-state index is -0.680. The van der Waals surface area contributed by atoms with Gasteiger partial charge in [-0.15, -0.1) is 5.10 Å². The molecule has 5 atom stereocenters. The molecule has 3 aromatic heterocycles. The molecule has 3 aliphatic rings. The van der Waals surface area contributed by atoms with Gasteiger partial charge < -0.3 is 24.1 Å². The Morgan fingerprint density at radius 3 is 2.82 bits per heavy atom. The molecule has 12 heteroatoms. The van der Waals surface area contributed by atoms with Crippen LogP contribution in [0.2, 0.25) is 0 Å². The van der Waals surface area contributed by atoms with E-state index in [0.717, 1.165) is 43.5 Å². The fraction of sp³-hybridized carbons (Fsp3) is 0.556. The van der Waals surface area contributed by atoms with Crippen molar-refractivity contribution < 1.29 is 28.8 Å². The molecule has 3 aromatic rings. The van der Waals surface area contributed by atoms with Crippen LogP contribution in [0.4, 0.5) is 0 Å². The van der Waals surface area contributed by atoms with Gasteiger partial charge in [0.1, 0.15) is 29.8 Å². The molecule has 0 bridgehead atoms. The molecule has 0 radical (unpaired) electrons. The Bertz CT molecular complexity index is 1340. The van der Waals surface area contributed by atoms with Crippen molar-refractivity contribution in [2.24, 2.45) is 24.8 Å². The van der Waals surface area contributed by atoms with Crippen LogP contribution >= 0.6 is 0 Å². The van der Waals surface area contributed by atoms with Crippen molar-refractivity contribution in [2.45, 2.75) is 57.8 Å². The van der Waals surface area contributed by atoms with Crippen LogP contribution in [0.25, 0.3) is 11.4 Å². The molecule has 12 nitrogen and oxygen atoms in total. The molecule has 3 fully saturated rings. The van der Waals surface area contributed by atoms with Gasteiger partial charge in [-0.1, -0.05) is 5.21 Å². The molecule has 1 aliphatic heterocycles. The normalized spacial score (nSPS) is 25.9. The zero-order chi connectivity index (χ0) is 26.9. The van der Waals surface area contributed by atoms with E-state index in [0.29, 0.717) is 42.1 Å². The number of hydrogen-bond donors (Lipinski definition) is 1. The lowest BCUT2D eigenvalue weighted by atomic mass is 9.92. The van der Waals surface area contributed by atoms with Crippen molar-refractivity contribution in [2.75, 3.05) is 13.2 Å².